The molecule has 2 fully saturated rings. The molecule has 2 atom stereocenters. The third-order valence-corrected chi connectivity index (χ3v) is 7.39. The van der Waals surface area contributed by atoms with Crippen molar-refractivity contribution in [2.75, 3.05) is 31.8 Å². The molecule has 0 unspecified atom stereocenters. The van der Waals surface area contributed by atoms with E-state index in [0.29, 0.717) is 11.7 Å². The van der Waals surface area contributed by atoms with Crippen molar-refractivity contribution in [1.29, 1.82) is 0 Å². The number of carbonyl (C=O) groups is 1. The lowest BCUT2D eigenvalue weighted by Crippen LogP contribution is -2.39. The third kappa shape index (κ3) is 3.99. The normalized spacial score (nSPS) is 26.7. The van der Waals surface area contributed by atoms with Crippen LogP contribution in [0.2, 0.25) is 0 Å². The maximum absolute atomic E-state index is 11.9. The van der Waals surface area contributed by atoms with E-state index >= 15 is 0 Å². The molecule has 0 saturated carbocycles. The lowest BCUT2D eigenvalue weighted by Gasteiger charge is -2.24. The maximum atomic E-state index is 11.9. The summed E-state index contributed by atoms with van der Waals surface area (Å²) in [5, 5.41) is 0.581. The summed E-state index contributed by atoms with van der Waals surface area (Å²) in [6.07, 6.45) is 0.780. The Balaban J connectivity index is 1.77. The van der Waals surface area contributed by atoms with Crippen molar-refractivity contribution < 1.29 is 17.9 Å². The van der Waals surface area contributed by atoms with E-state index in [-0.39, 0.29) is 35.3 Å². The number of ether oxygens (including phenoxy) is 1. The van der Waals surface area contributed by atoms with Crippen LogP contribution in [0.25, 0.3) is 0 Å². The second-order valence-corrected chi connectivity index (χ2v) is 9.31. The monoisotopic (exact) mass is 368 g/mol. The minimum Gasteiger partial charge on any atom is -0.375 e. The highest BCUT2D eigenvalue weighted by molar-refractivity contribution is 8.15. The Kier molecular flexibility index (Phi) is 5.27. The second kappa shape index (κ2) is 7.25. The Morgan fingerprint density at radius 1 is 1.33 bits per heavy atom. The van der Waals surface area contributed by atoms with Gasteiger partial charge in [0.1, 0.15) is 6.61 Å². The van der Waals surface area contributed by atoms with Gasteiger partial charge in [-0.25, -0.2) is 8.42 Å². The van der Waals surface area contributed by atoms with Crippen LogP contribution in [-0.2, 0) is 25.8 Å². The summed E-state index contributed by atoms with van der Waals surface area (Å²) in [7, 11) is -1.56. The fraction of sp³-hybridized carbons (Fsp3) is 0.500. The van der Waals surface area contributed by atoms with E-state index in [2.05, 4.69) is 4.99 Å². The van der Waals surface area contributed by atoms with Gasteiger partial charge in [-0.15, -0.1) is 0 Å². The van der Waals surface area contributed by atoms with Gasteiger partial charge in [-0.05, 0) is 12.0 Å². The second-order valence-electron chi connectivity index (χ2n) is 5.95. The standard InChI is InChI=1S/C16H20N2O4S2/c1-22-9-15(19)17-16-18(8-7-12-5-3-2-4-6-12)13-10-24(20,21)11-14(13)23-16/h2-6,13-14H,7-11H2,1H3/t13-,14+/m1/s1. The first-order valence-electron chi connectivity index (χ1n) is 7.76. The van der Waals surface area contributed by atoms with Crippen molar-refractivity contribution in [2.45, 2.75) is 17.7 Å². The lowest BCUT2D eigenvalue weighted by molar-refractivity contribution is -0.121. The number of benzene rings is 1. The first kappa shape index (κ1) is 17.4. The molecule has 3 rings (SSSR count). The van der Waals surface area contributed by atoms with Crippen LogP contribution >= 0.6 is 11.8 Å². The Morgan fingerprint density at radius 2 is 2.08 bits per heavy atom. The minimum absolute atomic E-state index is 0.0418. The van der Waals surface area contributed by atoms with Crippen molar-refractivity contribution >= 4 is 32.7 Å². The van der Waals surface area contributed by atoms with E-state index < -0.39 is 9.84 Å². The first-order chi connectivity index (χ1) is 11.5. The molecule has 130 valence electrons. The van der Waals surface area contributed by atoms with Crippen LogP contribution in [0.5, 0.6) is 0 Å². The topological polar surface area (TPSA) is 76.0 Å². The molecule has 0 bridgehead atoms. The zero-order valence-electron chi connectivity index (χ0n) is 13.4. The number of amidine groups is 1. The van der Waals surface area contributed by atoms with Crippen molar-refractivity contribution in [1.82, 2.24) is 4.90 Å². The quantitative estimate of drug-likeness (QED) is 0.771. The molecule has 2 heterocycles. The molecule has 2 saturated heterocycles. The first-order valence-corrected chi connectivity index (χ1v) is 10.5. The van der Waals surface area contributed by atoms with E-state index in [9.17, 15) is 13.2 Å². The van der Waals surface area contributed by atoms with E-state index in [0.717, 1.165) is 6.42 Å². The van der Waals surface area contributed by atoms with E-state index in [1.807, 2.05) is 35.2 Å². The van der Waals surface area contributed by atoms with Crippen LogP contribution in [-0.4, -0.2) is 67.5 Å². The smallest absolute Gasteiger partial charge is 0.274 e. The summed E-state index contributed by atoms with van der Waals surface area (Å²) in [5.41, 5.74) is 1.18. The molecule has 0 aromatic heterocycles. The number of fused-ring (bicyclic) bond motifs is 1. The molecular formula is C16H20N2O4S2. The van der Waals surface area contributed by atoms with Crippen molar-refractivity contribution in [3.05, 3.63) is 35.9 Å². The van der Waals surface area contributed by atoms with Gasteiger partial charge in [-0.3, -0.25) is 4.79 Å². The summed E-state index contributed by atoms with van der Waals surface area (Å²) < 4.78 is 28.7. The van der Waals surface area contributed by atoms with Gasteiger partial charge in [0.15, 0.2) is 15.0 Å². The zero-order chi connectivity index (χ0) is 17.2. The van der Waals surface area contributed by atoms with Gasteiger partial charge < -0.3 is 9.64 Å². The molecule has 0 N–H and O–H groups in total. The van der Waals surface area contributed by atoms with Crippen LogP contribution in [0, 0.1) is 0 Å². The molecule has 1 amide bonds. The van der Waals surface area contributed by atoms with Crippen LogP contribution in [0.4, 0.5) is 0 Å². The fourth-order valence-electron chi connectivity index (χ4n) is 3.05. The molecular weight excluding hydrogens is 348 g/mol. The molecule has 8 heteroatoms. The van der Waals surface area contributed by atoms with Gasteiger partial charge in [-0.1, -0.05) is 42.1 Å². The van der Waals surface area contributed by atoms with Gasteiger partial charge in [0.25, 0.3) is 5.91 Å². The summed E-state index contributed by atoms with van der Waals surface area (Å²) in [6.45, 7) is 0.580. The molecule has 1 aromatic rings. The van der Waals surface area contributed by atoms with E-state index in [4.69, 9.17) is 4.74 Å². The molecule has 24 heavy (non-hydrogen) atoms. The summed E-state index contributed by atoms with van der Waals surface area (Å²) in [4.78, 5) is 17.9. The number of hydrogen-bond acceptors (Lipinski definition) is 5. The number of thioether (sulfide) groups is 1. The Labute approximate surface area is 146 Å². The summed E-state index contributed by atoms with van der Waals surface area (Å²) in [6, 6.07) is 9.91. The van der Waals surface area contributed by atoms with Gasteiger partial charge in [0, 0.05) is 18.9 Å². The number of amides is 1. The number of hydrogen-bond donors (Lipinski definition) is 0. The minimum atomic E-state index is -3.01. The molecule has 1 aromatic carbocycles. The predicted octanol–water partition coefficient (Wildman–Crippen LogP) is 0.973. The largest absolute Gasteiger partial charge is 0.375 e. The van der Waals surface area contributed by atoms with E-state index in [1.165, 1.54) is 24.4 Å². The molecule has 0 aliphatic carbocycles. The molecule has 6 nitrogen and oxygen atoms in total. The third-order valence-electron chi connectivity index (χ3n) is 4.15. The van der Waals surface area contributed by atoms with Crippen LogP contribution in [0.15, 0.2) is 35.3 Å². The highest BCUT2D eigenvalue weighted by atomic mass is 32.2. The van der Waals surface area contributed by atoms with Crippen molar-refractivity contribution in [2.24, 2.45) is 4.99 Å². The molecule has 2 aliphatic rings. The Morgan fingerprint density at radius 3 is 2.79 bits per heavy atom. The SMILES string of the molecule is COCC(=O)N=C1S[C@H]2CS(=O)(=O)C[C@H]2N1CCc1ccccc1. The van der Waals surface area contributed by atoms with E-state index in [1.54, 1.807) is 0 Å². The molecule has 0 spiro atoms. The van der Waals surface area contributed by atoms with Gasteiger partial charge in [0.2, 0.25) is 0 Å². The van der Waals surface area contributed by atoms with Crippen LogP contribution < -0.4 is 0 Å². The summed E-state index contributed by atoms with van der Waals surface area (Å²) >= 11 is 1.40. The average Bonchev–Trinajstić information content (AvgIpc) is 2.98. The molecule has 2 aliphatic heterocycles. The number of nitrogens with zero attached hydrogens (tertiary/aromatic N) is 2. The average molecular weight is 368 g/mol. The number of aliphatic imine (C=N–C) groups is 1. The molecule has 0 radical (unpaired) electrons. The number of methoxy groups -OCH3 is 1. The van der Waals surface area contributed by atoms with Crippen molar-refractivity contribution in [3.8, 4) is 0 Å². The van der Waals surface area contributed by atoms with Gasteiger partial charge in [-0.2, -0.15) is 4.99 Å². The van der Waals surface area contributed by atoms with Crippen LogP contribution in [0.3, 0.4) is 0 Å². The maximum Gasteiger partial charge on any atom is 0.274 e. The van der Waals surface area contributed by atoms with Crippen molar-refractivity contribution in [3.63, 3.8) is 0 Å². The predicted molar refractivity (Wildman–Crippen MR) is 95.0 cm³/mol. The zero-order valence-corrected chi connectivity index (χ0v) is 15.1. The highest BCUT2D eigenvalue weighted by Crippen LogP contribution is 2.38. The number of rotatable bonds is 5. The Bertz CT molecular complexity index is 734. The fourth-order valence-corrected chi connectivity index (χ4v) is 7.05. The number of sulfone groups is 1. The van der Waals surface area contributed by atoms with Gasteiger partial charge in [0.05, 0.1) is 17.5 Å². The highest BCUT2D eigenvalue weighted by Gasteiger charge is 2.48. The lowest BCUT2D eigenvalue weighted by atomic mass is 10.1. The Hall–Kier alpha value is -1.38. The van der Waals surface area contributed by atoms with Crippen LogP contribution in [0.1, 0.15) is 5.56 Å². The number of carbonyl (C=O) groups excluding carboxylic acids is 1. The summed E-state index contributed by atoms with van der Waals surface area (Å²) in [5.74, 6) is -0.0500. The van der Waals surface area contributed by atoms with Gasteiger partial charge >= 0.3 is 0 Å².